The number of hydrogen-bond donors (Lipinski definition) is 0. The molecule has 0 bridgehead atoms. The third-order valence-electron chi connectivity index (χ3n) is 0.941. The Bertz CT molecular complexity index is 179. The number of hydrogen-bond acceptors (Lipinski definition) is 4. The third kappa shape index (κ3) is 6.04. The van der Waals surface area contributed by atoms with Crippen LogP contribution >= 0.6 is 24.4 Å². The van der Waals surface area contributed by atoms with E-state index in [0.29, 0.717) is 10.3 Å². The molecule has 0 radical (unpaired) electrons. The van der Waals surface area contributed by atoms with Gasteiger partial charge in [-0.25, -0.2) is 0 Å². The first-order chi connectivity index (χ1) is 5.95. The van der Waals surface area contributed by atoms with Gasteiger partial charge >= 0.3 is 96.0 Å². The molecule has 0 spiro atoms. The molecular weight excluding hydrogens is 275 g/mol. The van der Waals surface area contributed by atoms with E-state index < -0.39 is 15.6 Å². The van der Waals surface area contributed by atoms with Crippen LogP contribution in [0.3, 0.4) is 0 Å². The van der Waals surface area contributed by atoms with Crippen LogP contribution in [-0.4, -0.2) is 64.0 Å². The van der Waals surface area contributed by atoms with Gasteiger partial charge in [0.15, 0.2) is 0 Å². The monoisotopic (exact) mass is 288 g/mol. The van der Waals surface area contributed by atoms with Gasteiger partial charge in [0.1, 0.15) is 0 Å². The van der Waals surface area contributed by atoms with Crippen LogP contribution in [0.4, 0.5) is 0 Å². The second-order valence-electron chi connectivity index (χ2n) is 2.56. The molecule has 0 aromatic rings. The zero-order valence-electron chi connectivity index (χ0n) is 7.94. The Morgan fingerprint density at radius 3 is 1.46 bits per heavy atom. The van der Waals surface area contributed by atoms with Crippen molar-refractivity contribution in [1.29, 1.82) is 0 Å². The Morgan fingerprint density at radius 1 is 0.923 bits per heavy atom. The van der Waals surface area contributed by atoms with Gasteiger partial charge in [0.05, 0.1) is 0 Å². The maximum absolute atomic E-state index is 5.11. The molecule has 13 heavy (non-hydrogen) atoms. The molecule has 0 saturated carbocycles. The Hall–Kier alpha value is -0.101. The fourth-order valence-electron chi connectivity index (χ4n) is 0.224. The molecule has 0 aliphatic carbocycles. The Morgan fingerprint density at radius 2 is 1.23 bits per heavy atom. The minimum absolute atomic E-state index is 0.404. The van der Waals surface area contributed by atoms with Gasteiger partial charge in [0.2, 0.25) is 0 Å². The second-order valence-corrected chi connectivity index (χ2v) is 4.24. The predicted molar refractivity (Wildman–Crippen MR) is 60.5 cm³/mol. The zero-order chi connectivity index (χ0) is 10.4. The van der Waals surface area contributed by atoms with Gasteiger partial charge in [-0.1, -0.05) is 0 Å². The summed E-state index contributed by atoms with van der Waals surface area (Å²) >= 11 is 9.27. The average Bonchev–Trinajstić information content (AvgIpc) is 2.03. The molecule has 0 heterocycles. The standard InChI is InChI=1S/C6H12N2O2S2Se/c1-7(2)5(11)9-13-10-6(12)8(3)4/h1-4H3. The number of nitrogens with zero attached hydrogens (tertiary/aromatic N) is 2. The van der Waals surface area contributed by atoms with Crippen LogP contribution in [-0.2, 0) is 7.64 Å². The number of rotatable bonds is 2. The van der Waals surface area contributed by atoms with Crippen molar-refractivity contribution >= 4 is 50.4 Å². The van der Waals surface area contributed by atoms with Crippen LogP contribution in [0, 0.1) is 0 Å². The van der Waals surface area contributed by atoms with Crippen molar-refractivity contribution < 1.29 is 7.64 Å². The van der Waals surface area contributed by atoms with Crippen LogP contribution in [0.5, 0.6) is 0 Å². The molecule has 4 nitrogen and oxygen atoms in total. The second kappa shape index (κ2) is 6.37. The van der Waals surface area contributed by atoms with Gasteiger partial charge in [-0.2, -0.15) is 0 Å². The summed E-state index contributed by atoms with van der Waals surface area (Å²) in [6, 6.07) is 0. The minimum atomic E-state index is -0.483. The van der Waals surface area contributed by atoms with E-state index in [1.165, 1.54) is 0 Å². The third-order valence-corrected chi connectivity index (χ3v) is 3.26. The zero-order valence-corrected chi connectivity index (χ0v) is 11.3. The number of thiocarbonyl (C=S) groups is 2. The van der Waals surface area contributed by atoms with Crippen molar-refractivity contribution in [3.05, 3.63) is 0 Å². The van der Waals surface area contributed by atoms with Gasteiger partial charge in [0, 0.05) is 0 Å². The topological polar surface area (TPSA) is 24.9 Å². The molecule has 7 heteroatoms. The SMILES string of the molecule is CN(C)C(=S)O[Se]OC(=S)N(C)C. The van der Waals surface area contributed by atoms with Crippen molar-refractivity contribution in [3.63, 3.8) is 0 Å². The van der Waals surface area contributed by atoms with Crippen LogP contribution in [0.25, 0.3) is 0 Å². The molecule has 0 aromatic carbocycles. The van der Waals surface area contributed by atoms with E-state index in [9.17, 15) is 0 Å². The summed E-state index contributed by atoms with van der Waals surface area (Å²) in [5.41, 5.74) is 0. The van der Waals surface area contributed by atoms with E-state index in [4.69, 9.17) is 32.1 Å². The predicted octanol–water partition coefficient (Wildman–Crippen LogP) is 0.247. The summed E-state index contributed by atoms with van der Waals surface area (Å²) in [6.07, 6.45) is 0. The molecule has 0 saturated heterocycles. The van der Waals surface area contributed by atoms with Crippen molar-refractivity contribution in [2.75, 3.05) is 28.2 Å². The molecule has 0 N–H and O–H groups in total. The van der Waals surface area contributed by atoms with Crippen LogP contribution in [0.1, 0.15) is 0 Å². The van der Waals surface area contributed by atoms with Crippen LogP contribution in [0.15, 0.2) is 0 Å². The van der Waals surface area contributed by atoms with E-state index in [2.05, 4.69) is 0 Å². The quantitative estimate of drug-likeness (QED) is 0.533. The van der Waals surface area contributed by atoms with Crippen molar-refractivity contribution in [2.45, 2.75) is 0 Å². The summed E-state index contributed by atoms with van der Waals surface area (Å²) in [6.45, 7) is 0. The molecular formula is C6H12N2O2S2Se. The summed E-state index contributed by atoms with van der Waals surface area (Å²) in [4.78, 5) is 3.39. The fraction of sp³-hybridized carbons (Fsp3) is 0.667. The normalized spacial score (nSPS) is 8.92. The molecule has 76 valence electrons. The van der Waals surface area contributed by atoms with E-state index >= 15 is 0 Å². The first kappa shape index (κ1) is 12.9. The first-order valence-corrected chi connectivity index (χ1v) is 5.60. The Kier molecular flexibility index (Phi) is 6.32. The van der Waals surface area contributed by atoms with Gasteiger partial charge in [-0.15, -0.1) is 0 Å². The van der Waals surface area contributed by atoms with Crippen LogP contribution < -0.4 is 0 Å². The molecule has 0 aromatic heterocycles. The Labute approximate surface area is 96.0 Å². The average molecular weight is 287 g/mol. The first-order valence-electron chi connectivity index (χ1n) is 3.39. The van der Waals surface area contributed by atoms with Gasteiger partial charge in [-0.05, 0) is 0 Å². The van der Waals surface area contributed by atoms with E-state index in [1.54, 1.807) is 9.80 Å². The van der Waals surface area contributed by atoms with E-state index in [1.807, 2.05) is 28.2 Å². The van der Waals surface area contributed by atoms with Crippen molar-refractivity contribution in [2.24, 2.45) is 0 Å². The summed E-state index contributed by atoms with van der Waals surface area (Å²) in [5, 5.41) is 0.808. The molecule has 0 unspecified atom stereocenters. The van der Waals surface area contributed by atoms with Gasteiger partial charge < -0.3 is 0 Å². The summed E-state index contributed by atoms with van der Waals surface area (Å²) < 4.78 is 10.2. The molecule has 0 amide bonds. The Balaban J connectivity index is 3.57. The van der Waals surface area contributed by atoms with E-state index in [0.717, 1.165) is 0 Å². The van der Waals surface area contributed by atoms with E-state index in [-0.39, 0.29) is 0 Å². The molecule has 0 aliphatic heterocycles. The fourth-order valence-corrected chi connectivity index (χ4v) is 1.45. The van der Waals surface area contributed by atoms with Crippen LogP contribution in [0.2, 0.25) is 0 Å². The molecule has 0 atom stereocenters. The summed E-state index contributed by atoms with van der Waals surface area (Å²) in [7, 11) is 7.23. The van der Waals surface area contributed by atoms with Crippen molar-refractivity contribution in [3.8, 4) is 0 Å². The molecule has 0 rings (SSSR count). The molecule has 0 aliphatic rings. The van der Waals surface area contributed by atoms with Crippen molar-refractivity contribution in [1.82, 2.24) is 9.80 Å². The van der Waals surface area contributed by atoms with Gasteiger partial charge in [-0.3, -0.25) is 0 Å². The van der Waals surface area contributed by atoms with Gasteiger partial charge in [0.25, 0.3) is 0 Å². The molecule has 0 fully saturated rings. The maximum atomic E-state index is 5.11. The summed E-state index contributed by atoms with van der Waals surface area (Å²) in [5.74, 6) is 0.